The van der Waals surface area contributed by atoms with Crippen molar-refractivity contribution in [2.45, 2.75) is 26.4 Å². The molecule has 1 aromatic rings. The summed E-state index contributed by atoms with van der Waals surface area (Å²) in [6.45, 7) is 6.08. The van der Waals surface area contributed by atoms with Crippen molar-refractivity contribution >= 4 is 0 Å². The number of hydrogen-bond acceptors (Lipinski definition) is 2. The van der Waals surface area contributed by atoms with Gasteiger partial charge >= 0.3 is 0 Å². The third-order valence-electron chi connectivity index (χ3n) is 3.20. The molecule has 1 fully saturated rings. The molecule has 1 aliphatic heterocycles. The smallest absolute Gasteiger partial charge is 0.0717 e. The molecule has 1 saturated heterocycles. The number of benzene rings is 1. The molecule has 1 aromatic carbocycles. The van der Waals surface area contributed by atoms with E-state index in [1.54, 1.807) is 0 Å². The van der Waals surface area contributed by atoms with Gasteiger partial charge in [0.25, 0.3) is 0 Å². The maximum atomic E-state index is 5.77. The van der Waals surface area contributed by atoms with Crippen LogP contribution in [0, 0.1) is 12.8 Å². The number of aryl methyl sites for hydroxylation is 1. The number of piperidine rings is 1. The molecule has 2 nitrogen and oxygen atoms in total. The molecule has 0 radical (unpaired) electrons. The molecule has 0 atom stereocenters. The van der Waals surface area contributed by atoms with E-state index in [2.05, 4.69) is 36.5 Å². The lowest BCUT2D eigenvalue weighted by Gasteiger charge is -2.22. The third kappa shape index (κ3) is 3.62. The lowest BCUT2D eigenvalue weighted by molar-refractivity contribution is 0.0763. The minimum Gasteiger partial charge on any atom is -0.376 e. The van der Waals surface area contributed by atoms with Gasteiger partial charge in [-0.2, -0.15) is 0 Å². The highest BCUT2D eigenvalue weighted by molar-refractivity contribution is 5.20. The first-order valence-corrected chi connectivity index (χ1v) is 6.18. The Labute approximate surface area is 98.0 Å². The predicted octanol–water partition coefficient (Wildman–Crippen LogP) is 2.51. The zero-order valence-corrected chi connectivity index (χ0v) is 10.0. The van der Waals surface area contributed by atoms with Crippen molar-refractivity contribution in [2.24, 2.45) is 5.92 Å². The first-order chi connectivity index (χ1) is 7.84. The molecule has 0 bridgehead atoms. The van der Waals surface area contributed by atoms with Crippen LogP contribution in [0.5, 0.6) is 0 Å². The van der Waals surface area contributed by atoms with Crippen LogP contribution < -0.4 is 5.32 Å². The molecule has 0 amide bonds. The zero-order valence-electron chi connectivity index (χ0n) is 10.0. The maximum absolute atomic E-state index is 5.77. The Morgan fingerprint density at radius 2 is 1.88 bits per heavy atom. The van der Waals surface area contributed by atoms with E-state index < -0.39 is 0 Å². The predicted molar refractivity (Wildman–Crippen MR) is 66.4 cm³/mol. The van der Waals surface area contributed by atoms with Crippen LogP contribution in [0.4, 0.5) is 0 Å². The molecule has 0 aromatic heterocycles. The lowest BCUT2D eigenvalue weighted by Crippen LogP contribution is -2.29. The van der Waals surface area contributed by atoms with Gasteiger partial charge in [-0.3, -0.25) is 0 Å². The molecule has 1 heterocycles. The van der Waals surface area contributed by atoms with Gasteiger partial charge in [0.1, 0.15) is 0 Å². The second kappa shape index (κ2) is 6.02. The first-order valence-electron chi connectivity index (χ1n) is 6.18. The summed E-state index contributed by atoms with van der Waals surface area (Å²) < 4.78 is 5.77. The van der Waals surface area contributed by atoms with Gasteiger partial charge in [-0.1, -0.05) is 29.8 Å². The molecule has 1 N–H and O–H groups in total. The Morgan fingerprint density at radius 3 is 2.56 bits per heavy atom. The minimum absolute atomic E-state index is 0.754. The van der Waals surface area contributed by atoms with E-state index in [-0.39, 0.29) is 0 Å². The fourth-order valence-electron chi connectivity index (χ4n) is 2.08. The van der Waals surface area contributed by atoms with Crippen molar-refractivity contribution in [3.63, 3.8) is 0 Å². The third-order valence-corrected chi connectivity index (χ3v) is 3.20. The van der Waals surface area contributed by atoms with Crippen molar-refractivity contribution < 1.29 is 4.74 Å². The van der Waals surface area contributed by atoms with Gasteiger partial charge in [0.15, 0.2) is 0 Å². The highest BCUT2D eigenvalue weighted by atomic mass is 16.5. The van der Waals surface area contributed by atoms with Gasteiger partial charge in [0.2, 0.25) is 0 Å². The fraction of sp³-hybridized carbons (Fsp3) is 0.571. The molecule has 2 rings (SSSR count). The van der Waals surface area contributed by atoms with Crippen molar-refractivity contribution in [2.75, 3.05) is 19.7 Å². The molecule has 16 heavy (non-hydrogen) atoms. The molecule has 0 unspecified atom stereocenters. The normalized spacial score (nSPS) is 17.6. The van der Waals surface area contributed by atoms with E-state index in [0.717, 1.165) is 32.2 Å². The van der Waals surface area contributed by atoms with Crippen LogP contribution in [0.25, 0.3) is 0 Å². The van der Waals surface area contributed by atoms with E-state index in [1.807, 2.05) is 0 Å². The summed E-state index contributed by atoms with van der Waals surface area (Å²) in [7, 11) is 0. The summed E-state index contributed by atoms with van der Waals surface area (Å²) in [6, 6.07) is 8.59. The Morgan fingerprint density at radius 1 is 1.19 bits per heavy atom. The Hall–Kier alpha value is -0.860. The van der Waals surface area contributed by atoms with Gasteiger partial charge < -0.3 is 10.1 Å². The number of hydrogen-bond donors (Lipinski definition) is 1. The summed E-state index contributed by atoms with van der Waals surface area (Å²) in [5.74, 6) is 0.756. The number of ether oxygens (including phenoxy) is 1. The molecule has 1 aliphatic rings. The molecule has 2 heteroatoms. The van der Waals surface area contributed by atoms with Crippen molar-refractivity contribution in [3.8, 4) is 0 Å². The van der Waals surface area contributed by atoms with Crippen LogP contribution in [0.3, 0.4) is 0 Å². The topological polar surface area (TPSA) is 21.3 Å². The van der Waals surface area contributed by atoms with E-state index >= 15 is 0 Å². The minimum atomic E-state index is 0.754. The van der Waals surface area contributed by atoms with Crippen LogP contribution in [0.1, 0.15) is 24.0 Å². The first kappa shape index (κ1) is 11.6. The average molecular weight is 219 g/mol. The van der Waals surface area contributed by atoms with Crippen molar-refractivity contribution in [1.29, 1.82) is 0 Å². The second-order valence-electron chi connectivity index (χ2n) is 4.69. The van der Waals surface area contributed by atoms with Gasteiger partial charge in [0.05, 0.1) is 6.61 Å². The summed E-state index contributed by atoms with van der Waals surface area (Å²) in [4.78, 5) is 0. The standard InChI is InChI=1S/C14H21NO/c1-12-2-4-13(5-3-12)10-16-11-14-6-8-15-9-7-14/h2-5,14-15H,6-11H2,1H3. The van der Waals surface area contributed by atoms with E-state index in [4.69, 9.17) is 4.74 Å². The second-order valence-corrected chi connectivity index (χ2v) is 4.69. The summed E-state index contributed by atoms with van der Waals surface area (Å²) in [5, 5.41) is 3.37. The largest absolute Gasteiger partial charge is 0.376 e. The van der Waals surface area contributed by atoms with Gasteiger partial charge in [-0.15, -0.1) is 0 Å². The molecule has 88 valence electrons. The Balaban J connectivity index is 1.69. The van der Waals surface area contributed by atoms with Crippen LogP contribution in [-0.2, 0) is 11.3 Å². The average Bonchev–Trinajstić information content (AvgIpc) is 2.33. The Bertz CT molecular complexity index is 301. The molecule has 0 saturated carbocycles. The van der Waals surface area contributed by atoms with Crippen LogP contribution in [-0.4, -0.2) is 19.7 Å². The zero-order chi connectivity index (χ0) is 11.2. The lowest BCUT2D eigenvalue weighted by atomic mass is 9.99. The summed E-state index contributed by atoms with van der Waals surface area (Å²) in [6.07, 6.45) is 2.52. The molecular formula is C14H21NO. The maximum Gasteiger partial charge on any atom is 0.0717 e. The summed E-state index contributed by atoms with van der Waals surface area (Å²) in [5.41, 5.74) is 2.58. The number of rotatable bonds is 4. The Kier molecular flexibility index (Phi) is 4.37. The van der Waals surface area contributed by atoms with Gasteiger partial charge in [-0.25, -0.2) is 0 Å². The van der Waals surface area contributed by atoms with Crippen LogP contribution in [0.15, 0.2) is 24.3 Å². The monoisotopic (exact) mass is 219 g/mol. The van der Waals surface area contributed by atoms with E-state index in [9.17, 15) is 0 Å². The highest BCUT2D eigenvalue weighted by Gasteiger charge is 2.12. The van der Waals surface area contributed by atoms with E-state index in [1.165, 1.54) is 24.0 Å². The van der Waals surface area contributed by atoms with Gasteiger partial charge in [0, 0.05) is 6.61 Å². The highest BCUT2D eigenvalue weighted by Crippen LogP contribution is 2.13. The summed E-state index contributed by atoms with van der Waals surface area (Å²) >= 11 is 0. The van der Waals surface area contributed by atoms with E-state index in [0.29, 0.717) is 0 Å². The molecule has 0 spiro atoms. The van der Waals surface area contributed by atoms with Gasteiger partial charge in [-0.05, 0) is 44.3 Å². The number of nitrogens with one attached hydrogen (secondary N) is 1. The molecular weight excluding hydrogens is 198 g/mol. The van der Waals surface area contributed by atoms with Crippen molar-refractivity contribution in [1.82, 2.24) is 5.32 Å². The fourth-order valence-corrected chi connectivity index (χ4v) is 2.08. The van der Waals surface area contributed by atoms with Crippen molar-refractivity contribution in [3.05, 3.63) is 35.4 Å². The SMILES string of the molecule is Cc1ccc(COCC2CCNCC2)cc1. The molecule has 0 aliphatic carbocycles. The quantitative estimate of drug-likeness (QED) is 0.840. The van der Waals surface area contributed by atoms with Crippen LogP contribution in [0.2, 0.25) is 0 Å². The van der Waals surface area contributed by atoms with Crippen LogP contribution >= 0.6 is 0 Å².